The van der Waals surface area contributed by atoms with E-state index in [1.165, 1.54) is 0 Å². The molecule has 19 heavy (non-hydrogen) atoms. The maximum atomic E-state index is 11.8. The maximum Gasteiger partial charge on any atom is 0.238 e. The molecule has 0 saturated carbocycles. The Hall–Kier alpha value is -0.520. The molecule has 1 saturated heterocycles. The van der Waals surface area contributed by atoms with E-state index in [2.05, 4.69) is 15.5 Å². The van der Waals surface area contributed by atoms with E-state index in [-0.39, 0.29) is 30.7 Å². The molecule has 1 amide bonds. The van der Waals surface area contributed by atoms with Gasteiger partial charge in [-0.05, 0) is 18.2 Å². The van der Waals surface area contributed by atoms with Gasteiger partial charge in [0.1, 0.15) is 0 Å². The fraction of sp³-hybridized carbons (Fsp3) is 0.417. The Morgan fingerprint density at radius 2 is 2.00 bits per heavy atom. The molecule has 0 unspecified atom stereocenters. The Labute approximate surface area is 130 Å². The second-order valence-electron chi connectivity index (χ2n) is 4.08. The van der Waals surface area contributed by atoms with Gasteiger partial charge >= 0.3 is 0 Å². The van der Waals surface area contributed by atoms with Crippen LogP contribution in [0.15, 0.2) is 24.3 Å². The molecule has 0 aliphatic carbocycles. The number of carbonyl (C=O) groups is 1. The Morgan fingerprint density at radius 1 is 1.32 bits per heavy atom. The monoisotopic (exact) mass is 325 g/mol. The highest BCUT2D eigenvalue weighted by molar-refractivity contribution is 6.30. The lowest BCUT2D eigenvalue weighted by atomic mass is 10.3. The molecule has 0 aromatic heterocycles. The van der Waals surface area contributed by atoms with Crippen LogP contribution in [0.2, 0.25) is 5.02 Å². The maximum absolute atomic E-state index is 11.8. The Kier molecular flexibility index (Phi) is 9.14. The standard InChI is InChI=1S/C12H16ClN3O.2ClH/c13-10-2-1-3-11(8-10)15-12(17)9-16-6-4-14-5-7-16;;/h1-3,8,14H,4-7,9H2,(H,15,17);2*1H. The van der Waals surface area contributed by atoms with Crippen LogP contribution >= 0.6 is 36.4 Å². The Morgan fingerprint density at radius 3 is 2.63 bits per heavy atom. The van der Waals surface area contributed by atoms with E-state index < -0.39 is 0 Å². The highest BCUT2D eigenvalue weighted by atomic mass is 35.5. The van der Waals surface area contributed by atoms with Gasteiger partial charge in [0.15, 0.2) is 0 Å². The van der Waals surface area contributed by atoms with Gasteiger partial charge in [-0.15, -0.1) is 24.8 Å². The van der Waals surface area contributed by atoms with Gasteiger partial charge in [-0.2, -0.15) is 0 Å². The van der Waals surface area contributed by atoms with Gasteiger partial charge in [-0.1, -0.05) is 17.7 Å². The van der Waals surface area contributed by atoms with Crippen molar-refractivity contribution in [2.45, 2.75) is 0 Å². The molecule has 0 atom stereocenters. The van der Waals surface area contributed by atoms with Gasteiger partial charge in [-0.3, -0.25) is 9.69 Å². The summed E-state index contributed by atoms with van der Waals surface area (Å²) < 4.78 is 0. The lowest BCUT2D eigenvalue weighted by Gasteiger charge is -2.26. The van der Waals surface area contributed by atoms with Crippen LogP contribution in [0.5, 0.6) is 0 Å². The summed E-state index contributed by atoms with van der Waals surface area (Å²) in [5.41, 5.74) is 0.748. The summed E-state index contributed by atoms with van der Waals surface area (Å²) in [6.45, 7) is 4.18. The van der Waals surface area contributed by atoms with Crippen molar-refractivity contribution >= 4 is 48.0 Å². The first kappa shape index (κ1) is 18.5. The van der Waals surface area contributed by atoms with Gasteiger partial charge in [0.05, 0.1) is 6.54 Å². The number of hydrogen-bond acceptors (Lipinski definition) is 3. The van der Waals surface area contributed by atoms with Crippen LogP contribution in [-0.4, -0.2) is 43.5 Å². The van der Waals surface area contributed by atoms with Crippen molar-refractivity contribution in [3.05, 3.63) is 29.3 Å². The van der Waals surface area contributed by atoms with Crippen LogP contribution in [0, 0.1) is 0 Å². The molecular formula is C12H18Cl3N3O. The number of carbonyl (C=O) groups excluding carboxylic acids is 1. The number of halogens is 3. The second kappa shape index (κ2) is 9.39. The topological polar surface area (TPSA) is 44.4 Å². The van der Waals surface area contributed by atoms with E-state index in [0.717, 1.165) is 31.9 Å². The number of benzene rings is 1. The minimum absolute atomic E-state index is 0. The molecule has 108 valence electrons. The summed E-state index contributed by atoms with van der Waals surface area (Å²) in [5, 5.41) is 6.73. The molecule has 4 nitrogen and oxygen atoms in total. The normalized spacial score (nSPS) is 15.0. The van der Waals surface area contributed by atoms with E-state index in [1.54, 1.807) is 12.1 Å². The molecule has 1 aliphatic heterocycles. The van der Waals surface area contributed by atoms with E-state index in [0.29, 0.717) is 11.6 Å². The summed E-state index contributed by atoms with van der Waals surface area (Å²) in [6, 6.07) is 7.19. The minimum atomic E-state index is 0. The van der Waals surface area contributed by atoms with Crippen molar-refractivity contribution in [1.29, 1.82) is 0 Å². The summed E-state index contributed by atoms with van der Waals surface area (Å²) in [6.07, 6.45) is 0. The fourth-order valence-corrected chi connectivity index (χ4v) is 2.03. The highest BCUT2D eigenvalue weighted by Crippen LogP contribution is 2.14. The van der Waals surface area contributed by atoms with Crippen molar-refractivity contribution in [3.63, 3.8) is 0 Å². The third-order valence-electron chi connectivity index (χ3n) is 2.69. The molecule has 1 heterocycles. The van der Waals surface area contributed by atoms with E-state index in [4.69, 9.17) is 11.6 Å². The van der Waals surface area contributed by atoms with E-state index in [1.807, 2.05) is 12.1 Å². The number of rotatable bonds is 3. The number of nitrogens with one attached hydrogen (secondary N) is 2. The molecule has 1 aromatic rings. The van der Waals surface area contributed by atoms with Crippen LogP contribution < -0.4 is 10.6 Å². The summed E-state index contributed by atoms with van der Waals surface area (Å²) in [4.78, 5) is 13.9. The first-order chi connectivity index (χ1) is 8.24. The second-order valence-corrected chi connectivity index (χ2v) is 4.52. The van der Waals surface area contributed by atoms with E-state index >= 15 is 0 Å². The molecule has 2 N–H and O–H groups in total. The number of amides is 1. The van der Waals surface area contributed by atoms with Crippen molar-refractivity contribution in [1.82, 2.24) is 10.2 Å². The van der Waals surface area contributed by atoms with Crippen LogP contribution in [-0.2, 0) is 4.79 Å². The van der Waals surface area contributed by atoms with Gasteiger partial charge in [0.2, 0.25) is 5.91 Å². The smallest absolute Gasteiger partial charge is 0.238 e. The largest absolute Gasteiger partial charge is 0.325 e. The molecule has 7 heteroatoms. The zero-order valence-corrected chi connectivity index (χ0v) is 12.8. The summed E-state index contributed by atoms with van der Waals surface area (Å²) in [5.74, 6) is 0.00849. The predicted octanol–water partition coefficient (Wildman–Crippen LogP) is 2.03. The van der Waals surface area contributed by atoms with Gasteiger partial charge in [0.25, 0.3) is 0 Å². The number of piperazine rings is 1. The third-order valence-corrected chi connectivity index (χ3v) is 2.92. The lowest BCUT2D eigenvalue weighted by Crippen LogP contribution is -2.46. The Bertz CT molecular complexity index is 398. The minimum Gasteiger partial charge on any atom is -0.325 e. The van der Waals surface area contributed by atoms with Crippen LogP contribution in [0.3, 0.4) is 0 Å². The molecule has 1 fully saturated rings. The average molecular weight is 327 g/mol. The average Bonchev–Trinajstić information content (AvgIpc) is 2.30. The van der Waals surface area contributed by atoms with Crippen molar-refractivity contribution in [2.75, 3.05) is 38.0 Å². The van der Waals surface area contributed by atoms with Crippen molar-refractivity contribution in [2.24, 2.45) is 0 Å². The molecule has 0 radical (unpaired) electrons. The first-order valence-corrected chi connectivity index (χ1v) is 6.10. The van der Waals surface area contributed by atoms with Crippen LogP contribution in [0.1, 0.15) is 0 Å². The molecular weight excluding hydrogens is 309 g/mol. The molecule has 1 aromatic carbocycles. The molecule has 1 aliphatic rings. The molecule has 0 spiro atoms. The van der Waals surface area contributed by atoms with E-state index in [9.17, 15) is 4.79 Å². The first-order valence-electron chi connectivity index (χ1n) is 5.72. The zero-order chi connectivity index (χ0) is 12.1. The number of anilines is 1. The summed E-state index contributed by atoms with van der Waals surface area (Å²) in [7, 11) is 0. The van der Waals surface area contributed by atoms with Gasteiger partial charge in [-0.25, -0.2) is 0 Å². The fourth-order valence-electron chi connectivity index (χ4n) is 1.84. The predicted molar refractivity (Wildman–Crippen MR) is 83.9 cm³/mol. The number of nitrogens with zero attached hydrogens (tertiary/aromatic N) is 1. The lowest BCUT2D eigenvalue weighted by molar-refractivity contribution is -0.117. The molecule has 2 rings (SSSR count). The van der Waals surface area contributed by atoms with Gasteiger partial charge in [0, 0.05) is 36.9 Å². The SMILES string of the molecule is Cl.Cl.O=C(CN1CCNCC1)Nc1cccc(Cl)c1. The Balaban J connectivity index is 0.00000162. The van der Waals surface area contributed by atoms with Gasteiger partial charge < -0.3 is 10.6 Å². The molecule has 0 bridgehead atoms. The number of hydrogen-bond donors (Lipinski definition) is 2. The van der Waals surface area contributed by atoms with Crippen molar-refractivity contribution in [3.8, 4) is 0 Å². The van der Waals surface area contributed by atoms with Crippen LogP contribution in [0.25, 0.3) is 0 Å². The van der Waals surface area contributed by atoms with Crippen molar-refractivity contribution < 1.29 is 4.79 Å². The third kappa shape index (κ3) is 6.45. The summed E-state index contributed by atoms with van der Waals surface area (Å²) >= 11 is 5.85. The van der Waals surface area contributed by atoms with Crippen LogP contribution in [0.4, 0.5) is 5.69 Å². The highest BCUT2D eigenvalue weighted by Gasteiger charge is 2.13. The quantitative estimate of drug-likeness (QED) is 0.893. The zero-order valence-electron chi connectivity index (χ0n) is 10.4.